The van der Waals surface area contributed by atoms with Crippen LogP contribution in [0.2, 0.25) is 0 Å². The van der Waals surface area contributed by atoms with Gasteiger partial charge in [0.25, 0.3) is 0 Å². The Morgan fingerprint density at radius 1 is 1.43 bits per heavy atom. The van der Waals surface area contributed by atoms with Crippen LogP contribution in [-0.2, 0) is 4.74 Å². The average Bonchev–Trinajstić information content (AvgIpc) is 2.07. The van der Waals surface area contributed by atoms with Crippen molar-refractivity contribution in [3.05, 3.63) is 0 Å². The summed E-state index contributed by atoms with van der Waals surface area (Å²) in [5.74, 6) is 0. The Labute approximate surface area is 85.2 Å². The summed E-state index contributed by atoms with van der Waals surface area (Å²) in [6.45, 7) is 3.67. The molecule has 0 bridgehead atoms. The number of nitrogens with one attached hydrogen (secondary N) is 1. The Hall–Kier alpha value is -0.770. The lowest BCUT2D eigenvalue weighted by molar-refractivity contribution is 0.108. The molecule has 2 unspecified atom stereocenters. The van der Waals surface area contributed by atoms with E-state index in [1.807, 2.05) is 13.8 Å². The highest BCUT2D eigenvalue weighted by molar-refractivity contribution is 5.67. The van der Waals surface area contributed by atoms with Gasteiger partial charge in [-0.1, -0.05) is 12.8 Å². The topological polar surface area (TPSA) is 64.3 Å². The molecule has 1 amide bonds. The standard InChI is InChI=1S/C10H20N2O2/c1-7(2)14-10(13)12-9-6-4-3-5-8(9)11/h7-9H,3-6,11H2,1-2H3,(H,12,13). The van der Waals surface area contributed by atoms with Crippen molar-refractivity contribution in [1.82, 2.24) is 5.32 Å². The summed E-state index contributed by atoms with van der Waals surface area (Å²) < 4.78 is 5.00. The van der Waals surface area contributed by atoms with E-state index >= 15 is 0 Å². The largest absolute Gasteiger partial charge is 0.447 e. The summed E-state index contributed by atoms with van der Waals surface area (Å²) >= 11 is 0. The van der Waals surface area contributed by atoms with Crippen LogP contribution in [0.3, 0.4) is 0 Å². The van der Waals surface area contributed by atoms with E-state index in [0.717, 1.165) is 19.3 Å². The van der Waals surface area contributed by atoms with E-state index in [1.165, 1.54) is 6.42 Å². The monoisotopic (exact) mass is 200 g/mol. The highest BCUT2D eigenvalue weighted by Gasteiger charge is 2.23. The summed E-state index contributed by atoms with van der Waals surface area (Å²) in [6, 6.07) is 0.179. The molecule has 3 N–H and O–H groups in total. The third kappa shape index (κ3) is 3.54. The van der Waals surface area contributed by atoms with Crippen LogP contribution in [0.5, 0.6) is 0 Å². The third-order valence-electron chi connectivity index (χ3n) is 2.47. The molecule has 0 heterocycles. The highest BCUT2D eigenvalue weighted by Crippen LogP contribution is 2.16. The van der Waals surface area contributed by atoms with Gasteiger partial charge in [0.2, 0.25) is 0 Å². The Balaban J connectivity index is 2.31. The van der Waals surface area contributed by atoms with Gasteiger partial charge in [0.15, 0.2) is 0 Å². The van der Waals surface area contributed by atoms with E-state index in [1.54, 1.807) is 0 Å². The number of nitrogens with two attached hydrogens (primary N) is 1. The summed E-state index contributed by atoms with van der Waals surface area (Å²) in [7, 11) is 0. The van der Waals surface area contributed by atoms with Gasteiger partial charge >= 0.3 is 6.09 Å². The van der Waals surface area contributed by atoms with E-state index in [-0.39, 0.29) is 24.3 Å². The molecular weight excluding hydrogens is 180 g/mol. The van der Waals surface area contributed by atoms with Crippen LogP contribution in [0, 0.1) is 0 Å². The maximum Gasteiger partial charge on any atom is 0.407 e. The number of ether oxygens (including phenoxy) is 1. The van der Waals surface area contributed by atoms with E-state index in [2.05, 4.69) is 5.32 Å². The lowest BCUT2D eigenvalue weighted by Crippen LogP contribution is -2.49. The molecule has 1 rings (SSSR count). The summed E-state index contributed by atoms with van der Waals surface area (Å²) in [5.41, 5.74) is 5.89. The third-order valence-corrected chi connectivity index (χ3v) is 2.47. The molecule has 82 valence electrons. The van der Waals surface area contributed by atoms with Crippen molar-refractivity contribution in [3.8, 4) is 0 Å². The number of hydrogen-bond acceptors (Lipinski definition) is 3. The van der Waals surface area contributed by atoms with E-state index in [4.69, 9.17) is 10.5 Å². The normalized spacial score (nSPS) is 27.4. The summed E-state index contributed by atoms with van der Waals surface area (Å²) in [6.07, 6.45) is 3.84. The molecule has 0 aromatic rings. The van der Waals surface area contributed by atoms with Crippen molar-refractivity contribution in [3.63, 3.8) is 0 Å². The molecule has 1 saturated carbocycles. The SMILES string of the molecule is CC(C)OC(=O)NC1CCCCC1N. The fraction of sp³-hybridized carbons (Fsp3) is 0.900. The first-order valence-corrected chi connectivity index (χ1v) is 5.32. The number of hydrogen-bond donors (Lipinski definition) is 2. The first-order chi connectivity index (χ1) is 6.59. The van der Waals surface area contributed by atoms with Crippen molar-refractivity contribution in [1.29, 1.82) is 0 Å². The zero-order valence-electron chi connectivity index (χ0n) is 8.95. The average molecular weight is 200 g/mol. The van der Waals surface area contributed by atoms with Crippen molar-refractivity contribution < 1.29 is 9.53 Å². The number of carbonyl (C=O) groups excluding carboxylic acids is 1. The molecule has 0 aliphatic heterocycles. The number of rotatable bonds is 2. The smallest absolute Gasteiger partial charge is 0.407 e. The van der Waals surface area contributed by atoms with Gasteiger partial charge < -0.3 is 15.8 Å². The zero-order chi connectivity index (χ0) is 10.6. The molecule has 0 aromatic heterocycles. The molecule has 2 atom stereocenters. The minimum Gasteiger partial charge on any atom is -0.447 e. The van der Waals surface area contributed by atoms with E-state index in [0.29, 0.717) is 0 Å². The molecule has 0 spiro atoms. The van der Waals surface area contributed by atoms with Gasteiger partial charge in [-0.3, -0.25) is 0 Å². The first kappa shape index (κ1) is 11.3. The van der Waals surface area contributed by atoms with Gasteiger partial charge in [0.1, 0.15) is 0 Å². The Bertz CT molecular complexity index is 195. The molecule has 1 aliphatic rings. The minimum atomic E-state index is -0.345. The zero-order valence-corrected chi connectivity index (χ0v) is 8.95. The second-order valence-corrected chi connectivity index (χ2v) is 4.15. The number of carbonyl (C=O) groups is 1. The van der Waals surface area contributed by atoms with E-state index in [9.17, 15) is 4.79 Å². The van der Waals surface area contributed by atoms with Crippen LogP contribution in [-0.4, -0.2) is 24.3 Å². The lowest BCUT2D eigenvalue weighted by atomic mass is 9.91. The van der Waals surface area contributed by atoms with Crippen LogP contribution in [0.15, 0.2) is 0 Å². The number of alkyl carbamates (subject to hydrolysis) is 1. The Kier molecular flexibility index (Phi) is 4.20. The summed E-state index contributed by atoms with van der Waals surface area (Å²) in [5, 5.41) is 2.81. The predicted octanol–water partition coefficient (Wildman–Crippen LogP) is 1.39. The maximum atomic E-state index is 11.3. The molecular formula is C10H20N2O2. The first-order valence-electron chi connectivity index (χ1n) is 5.32. The second-order valence-electron chi connectivity index (χ2n) is 4.15. The molecule has 4 heteroatoms. The van der Waals surface area contributed by atoms with Crippen LogP contribution in [0.1, 0.15) is 39.5 Å². The summed E-state index contributed by atoms with van der Waals surface area (Å²) in [4.78, 5) is 11.3. The lowest BCUT2D eigenvalue weighted by Gasteiger charge is -2.29. The molecule has 4 nitrogen and oxygen atoms in total. The fourth-order valence-corrected chi connectivity index (χ4v) is 1.74. The predicted molar refractivity (Wildman–Crippen MR) is 55.0 cm³/mol. The second kappa shape index (κ2) is 5.20. The highest BCUT2D eigenvalue weighted by atomic mass is 16.6. The Morgan fingerprint density at radius 3 is 2.64 bits per heavy atom. The quantitative estimate of drug-likeness (QED) is 0.708. The van der Waals surface area contributed by atoms with Crippen molar-refractivity contribution in [2.45, 2.75) is 57.7 Å². The molecule has 14 heavy (non-hydrogen) atoms. The fourth-order valence-electron chi connectivity index (χ4n) is 1.74. The molecule has 0 radical (unpaired) electrons. The maximum absolute atomic E-state index is 11.3. The van der Waals surface area contributed by atoms with Crippen molar-refractivity contribution in [2.75, 3.05) is 0 Å². The van der Waals surface area contributed by atoms with Gasteiger partial charge in [0.05, 0.1) is 6.10 Å². The van der Waals surface area contributed by atoms with Crippen LogP contribution in [0.25, 0.3) is 0 Å². The van der Waals surface area contributed by atoms with Gasteiger partial charge in [0, 0.05) is 12.1 Å². The number of amides is 1. The molecule has 1 fully saturated rings. The van der Waals surface area contributed by atoms with E-state index < -0.39 is 0 Å². The van der Waals surface area contributed by atoms with Gasteiger partial charge in [-0.05, 0) is 26.7 Å². The Morgan fingerprint density at radius 2 is 2.07 bits per heavy atom. The van der Waals surface area contributed by atoms with Gasteiger partial charge in [-0.25, -0.2) is 4.79 Å². The molecule has 0 aromatic carbocycles. The van der Waals surface area contributed by atoms with Crippen molar-refractivity contribution >= 4 is 6.09 Å². The van der Waals surface area contributed by atoms with Crippen molar-refractivity contribution in [2.24, 2.45) is 5.73 Å². The van der Waals surface area contributed by atoms with Gasteiger partial charge in [-0.15, -0.1) is 0 Å². The van der Waals surface area contributed by atoms with Crippen LogP contribution >= 0.6 is 0 Å². The molecule has 1 aliphatic carbocycles. The molecule has 0 saturated heterocycles. The van der Waals surface area contributed by atoms with Crippen LogP contribution < -0.4 is 11.1 Å². The van der Waals surface area contributed by atoms with Gasteiger partial charge in [-0.2, -0.15) is 0 Å². The van der Waals surface area contributed by atoms with Crippen LogP contribution in [0.4, 0.5) is 4.79 Å². The minimum absolute atomic E-state index is 0.0742.